The van der Waals surface area contributed by atoms with E-state index in [1.165, 1.54) is 6.08 Å². The highest BCUT2D eigenvalue weighted by Crippen LogP contribution is 2.16. The fourth-order valence-corrected chi connectivity index (χ4v) is 2.96. The molecule has 148 valence electrons. The molecule has 0 atom stereocenters. The van der Waals surface area contributed by atoms with Crippen LogP contribution in [0.25, 0.3) is 6.08 Å². The van der Waals surface area contributed by atoms with Gasteiger partial charge in [0.2, 0.25) is 5.91 Å². The molecule has 3 aromatic rings. The van der Waals surface area contributed by atoms with Crippen LogP contribution >= 0.6 is 0 Å². The monoisotopic (exact) mass is 388 g/mol. The van der Waals surface area contributed by atoms with Gasteiger partial charge in [0, 0.05) is 23.9 Å². The molecule has 0 radical (unpaired) electrons. The summed E-state index contributed by atoms with van der Waals surface area (Å²) in [7, 11) is 0. The molecule has 1 aromatic heterocycles. The SMILES string of the molecule is Cc1cc(C)c(CNC(=O)/C=C/c2cccc(OCc3ccccc3)c2)c(=O)[nH]1. The topological polar surface area (TPSA) is 71.2 Å². The number of aromatic amines is 1. The molecule has 29 heavy (non-hydrogen) atoms. The van der Waals surface area contributed by atoms with Crippen molar-refractivity contribution in [2.24, 2.45) is 0 Å². The molecule has 1 amide bonds. The maximum Gasteiger partial charge on any atom is 0.253 e. The minimum absolute atomic E-state index is 0.171. The number of aryl methyl sites for hydroxylation is 2. The number of rotatable bonds is 7. The van der Waals surface area contributed by atoms with Crippen molar-refractivity contribution < 1.29 is 9.53 Å². The second-order valence-electron chi connectivity index (χ2n) is 6.84. The maximum atomic E-state index is 12.1. The second-order valence-corrected chi connectivity index (χ2v) is 6.84. The predicted molar refractivity (Wildman–Crippen MR) is 115 cm³/mol. The van der Waals surface area contributed by atoms with Crippen LogP contribution in [0.15, 0.2) is 71.5 Å². The summed E-state index contributed by atoms with van der Waals surface area (Å²) in [6.45, 7) is 4.36. The molecule has 5 nitrogen and oxygen atoms in total. The van der Waals surface area contributed by atoms with E-state index in [1.807, 2.05) is 74.5 Å². The van der Waals surface area contributed by atoms with Crippen molar-refractivity contribution in [3.05, 3.63) is 105 Å². The van der Waals surface area contributed by atoms with E-state index in [-0.39, 0.29) is 18.0 Å². The molecule has 0 bridgehead atoms. The number of carbonyl (C=O) groups is 1. The molecule has 0 aliphatic heterocycles. The molecule has 2 N–H and O–H groups in total. The molecule has 1 heterocycles. The summed E-state index contributed by atoms with van der Waals surface area (Å²) >= 11 is 0. The molecular weight excluding hydrogens is 364 g/mol. The average molecular weight is 388 g/mol. The van der Waals surface area contributed by atoms with Gasteiger partial charge in [0.15, 0.2) is 0 Å². The zero-order valence-corrected chi connectivity index (χ0v) is 16.6. The fraction of sp³-hybridized carbons (Fsp3) is 0.167. The van der Waals surface area contributed by atoms with Crippen LogP contribution in [0.1, 0.15) is 27.9 Å². The second kappa shape index (κ2) is 9.55. The van der Waals surface area contributed by atoms with E-state index in [2.05, 4.69) is 10.3 Å². The number of aromatic nitrogens is 1. The van der Waals surface area contributed by atoms with Gasteiger partial charge in [0.25, 0.3) is 5.56 Å². The molecule has 0 aliphatic rings. The maximum absolute atomic E-state index is 12.1. The fourth-order valence-electron chi connectivity index (χ4n) is 2.96. The van der Waals surface area contributed by atoms with Gasteiger partial charge in [-0.25, -0.2) is 0 Å². The number of H-pyrrole nitrogens is 1. The van der Waals surface area contributed by atoms with E-state index < -0.39 is 0 Å². The van der Waals surface area contributed by atoms with Crippen molar-refractivity contribution in [3.8, 4) is 5.75 Å². The van der Waals surface area contributed by atoms with Gasteiger partial charge in [-0.3, -0.25) is 9.59 Å². The summed E-state index contributed by atoms with van der Waals surface area (Å²) in [6, 6.07) is 19.4. The number of benzene rings is 2. The van der Waals surface area contributed by atoms with Crippen LogP contribution in [-0.4, -0.2) is 10.9 Å². The van der Waals surface area contributed by atoms with Gasteiger partial charge in [0.05, 0.1) is 0 Å². The minimum atomic E-state index is -0.264. The molecule has 0 aliphatic carbocycles. The third-order valence-corrected chi connectivity index (χ3v) is 4.47. The molecule has 0 fully saturated rings. The lowest BCUT2D eigenvalue weighted by atomic mass is 10.1. The van der Waals surface area contributed by atoms with Gasteiger partial charge in [-0.1, -0.05) is 42.5 Å². The third kappa shape index (κ3) is 5.94. The minimum Gasteiger partial charge on any atom is -0.489 e. The zero-order valence-electron chi connectivity index (χ0n) is 16.6. The van der Waals surface area contributed by atoms with Gasteiger partial charge in [-0.2, -0.15) is 0 Å². The molecule has 2 aromatic carbocycles. The molecular formula is C24H24N2O3. The van der Waals surface area contributed by atoms with Crippen LogP contribution in [-0.2, 0) is 17.9 Å². The van der Waals surface area contributed by atoms with E-state index in [0.29, 0.717) is 12.2 Å². The van der Waals surface area contributed by atoms with Crippen molar-refractivity contribution in [1.82, 2.24) is 10.3 Å². The first-order valence-electron chi connectivity index (χ1n) is 9.43. The Morgan fingerprint density at radius 2 is 1.86 bits per heavy atom. The lowest BCUT2D eigenvalue weighted by Crippen LogP contribution is -2.26. The predicted octanol–water partition coefficient (Wildman–Crippen LogP) is 3.90. The highest BCUT2D eigenvalue weighted by atomic mass is 16.5. The normalized spacial score (nSPS) is 10.8. The molecule has 0 saturated heterocycles. The summed E-state index contributed by atoms with van der Waals surface area (Å²) in [5, 5.41) is 2.75. The van der Waals surface area contributed by atoms with Crippen LogP contribution in [0.3, 0.4) is 0 Å². The number of hydrogen-bond donors (Lipinski definition) is 2. The zero-order chi connectivity index (χ0) is 20.6. The van der Waals surface area contributed by atoms with Crippen LogP contribution in [0.5, 0.6) is 5.75 Å². The van der Waals surface area contributed by atoms with Gasteiger partial charge in [-0.05, 0) is 54.8 Å². The molecule has 0 saturated carbocycles. The Labute approximate surface area is 170 Å². The molecule has 3 rings (SSSR count). The van der Waals surface area contributed by atoms with Crippen molar-refractivity contribution in [2.45, 2.75) is 27.0 Å². The molecule has 0 spiro atoms. The third-order valence-electron chi connectivity index (χ3n) is 4.47. The Bertz CT molecular complexity index is 1070. The largest absolute Gasteiger partial charge is 0.489 e. The number of nitrogens with one attached hydrogen (secondary N) is 2. The number of amides is 1. The van der Waals surface area contributed by atoms with Crippen LogP contribution in [0.2, 0.25) is 0 Å². The van der Waals surface area contributed by atoms with Crippen molar-refractivity contribution in [1.29, 1.82) is 0 Å². The van der Waals surface area contributed by atoms with Crippen molar-refractivity contribution in [3.63, 3.8) is 0 Å². The highest BCUT2D eigenvalue weighted by molar-refractivity contribution is 5.91. The number of carbonyl (C=O) groups excluding carboxylic acids is 1. The van der Waals surface area contributed by atoms with Crippen LogP contribution < -0.4 is 15.6 Å². The summed E-state index contributed by atoms with van der Waals surface area (Å²) in [5.41, 5.74) is 4.00. The Hall–Kier alpha value is -3.60. The van der Waals surface area contributed by atoms with Gasteiger partial charge >= 0.3 is 0 Å². The highest BCUT2D eigenvalue weighted by Gasteiger charge is 2.06. The standard InChI is InChI=1S/C24H24N2O3/c1-17-13-18(2)26-24(28)22(17)15-25-23(27)12-11-19-9-6-10-21(14-19)29-16-20-7-4-3-5-8-20/h3-14H,15-16H2,1-2H3,(H,25,27)(H,26,28)/b12-11+. The number of hydrogen-bond acceptors (Lipinski definition) is 3. The Morgan fingerprint density at radius 1 is 1.07 bits per heavy atom. The first kappa shape index (κ1) is 20.1. The lowest BCUT2D eigenvalue weighted by molar-refractivity contribution is -0.116. The van der Waals surface area contributed by atoms with Crippen molar-refractivity contribution in [2.75, 3.05) is 0 Å². The summed E-state index contributed by atoms with van der Waals surface area (Å²) in [6.07, 6.45) is 3.17. The van der Waals surface area contributed by atoms with Crippen molar-refractivity contribution >= 4 is 12.0 Å². The van der Waals surface area contributed by atoms with Gasteiger partial charge < -0.3 is 15.0 Å². The molecule has 5 heteroatoms. The van der Waals surface area contributed by atoms with Gasteiger partial charge in [0.1, 0.15) is 12.4 Å². The Balaban J connectivity index is 1.57. The summed E-state index contributed by atoms with van der Waals surface area (Å²) < 4.78 is 5.81. The van der Waals surface area contributed by atoms with Crippen LogP contribution in [0, 0.1) is 13.8 Å². The summed E-state index contributed by atoms with van der Waals surface area (Å²) in [4.78, 5) is 26.9. The lowest BCUT2D eigenvalue weighted by Gasteiger charge is -2.07. The molecule has 0 unspecified atom stereocenters. The number of pyridine rings is 1. The van der Waals surface area contributed by atoms with E-state index in [4.69, 9.17) is 4.74 Å². The number of ether oxygens (including phenoxy) is 1. The Morgan fingerprint density at radius 3 is 2.62 bits per heavy atom. The Kier molecular flexibility index (Phi) is 6.63. The first-order chi connectivity index (χ1) is 14.0. The van der Waals surface area contributed by atoms with Gasteiger partial charge in [-0.15, -0.1) is 0 Å². The van der Waals surface area contributed by atoms with E-state index in [9.17, 15) is 9.59 Å². The van der Waals surface area contributed by atoms with E-state index in [1.54, 1.807) is 6.08 Å². The van der Waals surface area contributed by atoms with E-state index >= 15 is 0 Å². The summed E-state index contributed by atoms with van der Waals surface area (Å²) in [5.74, 6) is 0.471. The quantitative estimate of drug-likeness (QED) is 0.603. The average Bonchev–Trinajstić information content (AvgIpc) is 2.71. The smallest absolute Gasteiger partial charge is 0.253 e. The first-order valence-corrected chi connectivity index (χ1v) is 9.43. The van der Waals surface area contributed by atoms with Crippen LogP contribution in [0.4, 0.5) is 0 Å². The van der Waals surface area contributed by atoms with E-state index in [0.717, 1.165) is 28.1 Å².